The maximum atomic E-state index is 12.8. The number of nitrogens with zero attached hydrogens (tertiary/aromatic N) is 1. The quantitative estimate of drug-likeness (QED) is 0.337. The zero-order chi connectivity index (χ0) is 25.3. The summed E-state index contributed by atoms with van der Waals surface area (Å²) in [5, 5.41) is 12.0. The van der Waals surface area contributed by atoms with Crippen LogP contribution in [0.1, 0.15) is 22.6 Å². The van der Waals surface area contributed by atoms with Gasteiger partial charge in [0.2, 0.25) is 0 Å². The SMILES string of the molecule is CN1Cc2ccccc2C(c2cccc(-c3c(O)c4ccc(Cl)cc4[nH]c3=O)c2)C1.CS(=O)(=O)O. The number of benzene rings is 3. The number of halogens is 1. The van der Waals surface area contributed by atoms with E-state index in [2.05, 4.69) is 47.3 Å². The van der Waals surface area contributed by atoms with Crippen molar-refractivity contribution in [3.63, 3.8) is 0 Å². The minimum atomic E-state index is -3.67. The van der Waals surface area contributed by atoms with E-state index < -0.39 is 10.1 Å². The summed E-state index contributed by atoms with van der Waals surface area (Å²) in [4.78, 5) is 18.0. The molecule has 0 saturated heterocycles. The third-order valence-electron chi connectivity index (χ3n) is 5.89. The lowest BCUT2D eigenvalue weighted by molar-refractivity contribution is 0.295. The number of pyridine rings is 1. The molecule has 35 heavy (non-hydrogen) atoms. The van der Waals surface area contributed by atoms with Gasteiger partial charge in [-0.15, -0.1) is 0 Å². The smallest absolute Gasteiger partial charge is 0.261 e. The Morgan fingerprint density at radius 1 is 1.06 bits per heavy atom. The molecule has 0 saturated carbocycles. The zero-order valence-corrected chi connectivity index (χ0v) is 20.8. The van der Waals surface area contributed by atoms with Crippen LogP contribution >= 0.6 is 11.6 Å². The van der Waals surface area contributed by atoms with E-state index in [1.54, 1.807) is 18.2 Å². The van der Waals surface area contributed by atoms with Gasteiger partial charge in [0.25, 0.3) is 15.7 Å². The maximum Gasteiger partial charge on any atom is 0.261 e. The van der Waals surface area contributed by atoms with Crippen LogP contribution in [0.3, 0.4) is 0 Å². The minimum absolute atomic E-state index is 0.0243. The van der Waals surface area contributed by atoms with E-state index in [9.17, 15) is 18.3 Å². The van der Waals surface area contributed by atoms with Gasteiger partial charge in [-0.3, -0.25) is 9.35 Å². The van der Waals surface area contributed by atoms with Crippen LogP contribution in [0, 0.1) is 0 Å². The normalized spacial score (nSPS) is 15.8. The average molecular weight is 513 g/mol. The van der Waals surface area contributed by atoms with Crippen molar-refractivity contribution in [3.8, 4) is 16.9 Å². The third kappa shape index (κ3) is 5.74. The Bertz CT molecular complexity index is 1560. The van der Waals surface area contributed by atoms with E-state index in [0.717, 1.165) is 18.7 Å². The van der Waals surface area contributed by atoms with Crippen LogP contribution in [0.2, 0.25) is 5.02 Å². The van der Waals surface area contributed by atoms with Crippen LogP contribution in [0.5, 0.6) is 5.75 Å². The largest absolute Gasteiger partial charge is 0.506 e. The van der Waals surface area contributed by atoms with Gasteiger partial charge in [0, 0.05) is 29.4 Å². The van der Waals surface area contributed by atoms with E-state index in [1.165, 1.54) is 11.1 Å². The van der Waals surface area contributed by atoms with Crippen molar-refractivity contribution < 1.29 is 18.1 Å². The molecular weight excluding hydrogens is 488 g/mol. The molecule has 3 N–H and O–H groups in total. The second-order valence-corrected chi connectivity index (χ2v) is 10.6. The molecule has 1 unspecified atom stereocenters. The number of hydrogen-bond donors (Lipinski definition) is 3. The van der Waals surface area contributed by atoms with Crippen molar-refractivity contribution in [1.82, 2.24) is 9.88 Å². The second-order valence-electron chi connectivity index (χ2n) is 8.67. The maximum absolute atomic E-state index is 12.8. The molecule has 1 aliphatic heterocycles. The Morgan fingerprint density at radius 3 is 2.51 bits per heavy atom. The van der Waals surface area contributed by atoms with Gasteiger partial charge in [0.15, 0.2) is 0 Å². The van der Waals surface area contributed by atoms with Crippen molar-refractivity contribution >= 4 is 32.6 Å². The summed E-state index contributed by atoms with van der Waals surface area (Å²) in [5.74, 6) is 0.184. The highest BCUT2D eigenvalue weighted by Crippen LogP contribution is 2.37. The summed E-state index contributed by atoms with van der Waals surface area (Å²) in [7, 11) is -1.54. The molecule has 5 rings (SSSR count). The first-order chi connectivity index (χ1) is 16.5. The highest BCUT2D eigenvalue weighted by Gasteiger charge is 2.25. The topological polar surface area (TPSA) is 111 Å². The fourth-order valence-electron chi connectivity index (χ4n) is 4.50. The number of likely N-dealkylation sites (N-methyl/N-ethyl adjacent to an activating group) is 1. The van der Waals surface area contributed by atoms with Gasteiger partial charge in [0.1, 0.15) is 5.75 Å². The lowest BCUT2D eigenvalue weighted by Crippen LogP contribution is -2.30. The molecule has 0 fully saturated rings. The molecule has 0 spiro atoms. The van der Waals surface area contributed by atoms with Gasteiger partial charge in [-0.1, -0.05) is 60.1 Å². The number of aromatic amines is 1. The van der Waals surface area contributed by atoms with E-state index in [1.807, 2.05) is 18.2 Å². The molecule has 1 aliphatic rings. The first kappa shape index (κ1) is 24.9. The van der Waals surface area contributed by atoms with Crippen LogP contribution < -0.4 is 5.56 Å². The molecule has 0 amide bonds. The molecular formula is C26H25ClN2O5S. The van der Waals surface area contributed by atoms with Gasteiger partial charge in [-0.2, -0.15) is 8.42 Å². The first-order valence-electron chi connectivity index (χ1n) is 10.8. The summed E-state index contributed by atoms with van der Waals surface area (Å²) in [6.45, 7) is 1.83. The number of rotatable bonds is 2. The van der Waals surface area contributed by atoms with E-state index in [0.29, 0.717) is 27.7 Å². The Labute approximate surface area is 208 Å². The summed E-state index contributed by atoms with van der Waals surface area (Å²) in [6.07, 6.45) is 0.715. The molecule has 0 radical (unpaired) electrons. The van der Waals surface area contributed by atoms with Crippen molar-refractivity contribution in [2.75, 3.05) is 19.8 Å². The summed E-state index contributed by atoms with van der Waals surface area (Å²) < 4.78 is 25.9. The standard InChI is InChI=1S/C25H21ClN2O2.CH4O3S/c1-28-13-17-5-2-3-8-19(17)21(14-28)15-6-4-7-16(11-15)23-24(29)20-10-9-18(26)12-22(20)27-25(23)30;1-5(2,3)4/h2-12,21H,13-14H2,1H3,(H2,27,29,30);1H3,(H,2,3,4). The summed E-state index contributed by atoms with van der Waals surface area (Å²) >= 11 is 6.03. The van der Waals surface area contributed by atoms with Gasteiger partial charge in [-0.05, 0) is 47.5 Å². The fourth-order valence-corrected chi connectivity index (χ4v) is 4.67. The third-order valence-corrected chi connectivity index (χ3v) is 6.13. The lowest BCUT2D eigenvalue weighted by Gasteiger charge is -2.32. The van der Waals surface area contributed by atoms with E-state index in [4.69, 9.17) is 16.2 Å². The molecule has 9 heteroatoms. The summed E-state index contributed by atoms with van der Waals surface area (Å²) in [6, 6.07) is 21.5. The number of aromatic hydroxyl groups is 1. The Hall–Kier alpha value is -3.17. The van der Waals surface area contributed by atoms with Crippen LogP contribution in [-0.2, 0) is 16.7 Å². The van der Waals surface area contributed by atoms with Crippen LogP contribution in [0.15, 0.2) is 71.5 Å². The van der Waals surface area contributed by atoms with Crippen LogP contribution in [0.4, 0.5) is 0 Å². The molecule has 4 aromatic rings. The molecule has 1 aromatic heterocycles. The Morgan fingerprint density at radius 2 is 1.77 bits per heavy atom. The zero-order valence-electron chi connectivity index (χ0n) is 19.2. The van der Waals surface area contributed by atoms with E-state index in [-0.39, 0.29) is 22.8 Å². The first-order valence-corrected chi connectivity index (χ1v) is 13.1. The molecule has 0 aliphatic carbocycles. The van der Waals surface area contributed by atoms with Gasteiger partial charge < -0.3 is 15.0 Å². The van der Waals surface area contributed by atoms with Crippen molar-refractivity contribution in [2.24, 2.45) is 0 Å². The lowest BCUT2D eigenvalue weighted by atomic mass is 9.84. The fraction of sp³-hybridized carbons (Fsp3) is 0.192. The molecule has 182 valence electrons. The van der Waals surface area contributed by atoms with Crippen molar-refractivity contribution in [1.29, 1.82) is 0 Å². The molecule has 2 heterocycles. The van der Waals surface area contributed by atoms with Gasteiger partial charge >= 0.3 is 0 Å². The number of aromatic nitrogens is 1. The molecule has 1 atom stereocenters. The van der Waals surface area contributed by atoms with E-state index >= 15 is 0 Å². The van der Waals surface area contributed by atoms with Gasteiger partial charge in [-0.25, -0.2) is 0 Å². The summed E-state index contributed by atoms with van der Waals surface area (Å²) in [5.41, 5.74) is 4.94. The Kier molecular flexibility index (Phi) is 7.00. The predicted octanol–water partition coefficient (Wildman–Crippen LogP) is 4.64. The van der Waals surface area contributed by atoms with Crippen molar-refractivity contribution in [2.45, 2.75) is 12.5 Å². The van der Waals surface area contributed by atoms with Gasteiger partial charge in [0.05, 0.1) is 17.3 Å². The van der Waals surface area contributed by atoms with Crippen LogP contribution in [-0.4, -0.2) is 47.8 Å². The number of fused-ring (bicyclic) bond motifs is 2. The highest BCUT2D eigenvalue weighted by atomic mass is 35.5. The average Bonchev–Trinajstić information content (AvgIpc) is 2.77. The minimum Gasteiger partial charge on any atom is -0.506 e. The molecule has 3 aromatic carbocycles. The molecule has 0 bridgehead atoms. The number of H-pyrrole nitrogens is 1. The monoisotopic (exact) mass is 512 g/mol. The van der Waals surface area contributed by atoms with Crippen molar-refractivity contribution in [3.05, 3.63) is 98.8 Å². The number of hydrogen-bond acceptors (Lipinski definition) is 5. The molecule has 7 nitrogen and oxygen atoms in total. The highest BCUT2D eigenvalue weighted by molar-refractivity contribution is 7.85. The predicted molar refractivity (Wildman–Crippen MR) is 139 cm³/mol. The van der Waals surface area contributed by atoms with Crippen LogP contribution in [0.25, 0.3) is 22.0 Å². The number of nitrogens with one attached hydrogen (secondary N) is 1. The Balaban J connectivity index is 0.000000527. The second kappa shape index (κ2) is 9.83.